The van der Waals surface area contributed by atoms with Crippen LogP contribution in [0.15, 0.2) is 0 Å². The lowest BCUT2D eigenvalue weighted by molar-refractivity contribution is 0.227. The van der Waals surface area contributed by atoms with Gasteiger partial charge >= 0.3 is 0 Å². The SMILES string of the molecule is CCC(C)(C)C(C)(P)NC. The van der Waals surface area contributed by atoms with Crippen molar-refractivity contribution in [3.63, 3.8) is 0 Å². The Morgan fingerprint density at radius 1 is 1.30 bits per heavy atom. The van der Waals surface area contributed by atoms with Gasteiger partial charge in [0.2, 0.25) is 0 Å². The highest BCUT2D eigenvalue weighted by molar-refractivity contribution is 7.18. The van der Waals surface area contributed by atoms with Gasteiger partial charge in [-0.2, -0.15) is 0 Å². The van der Waals surface area contributed by atoms with Crippen LogP contribution in [-0.4, -0.2) is 12.3 Å². The summed E-state index contributed by atoms with van der Waals surface area (Å²) >= 11 is 0. The second kappa shape index (κ2) is 3.19. The Balaban J connectivity index is 4.28. The molecule has 0 aliphatic carbocycles. The number of hydrogen-bond acceptors (Lipinski definition) is 1. The summed E-state index contributed by atoms with van der Waals surface area (Å²) in [5, 5.41) is 3.45. The molecule has 2 atom stereocenters. The minimum atomic E-state index is 0.155. The fourth-order valence-electron chi connectivity index (χ4n) is 0.706. The summed E-state index contributed by atoms with van der Waals surface area (Å²) in [5.74, 6) is 0. The van der Waals surface area contributed by atoms with Crippen LogP contribution in [0.25, 0.3) is 0 Å². The first-order chi connectivity index (χ1) is 4.37. The smallest absolute Gasteiger partial charge is 0.0343 e. The van der Waals surface area contributed by atoms with Crippen molar-refractivity contribution < 1.29 is 0 Å². The highest BCUT2D eigenvalue weighted by Gasteiger charge is 2.33. The molecular weight excluding hydrogens is 141 g/mol. The molecule has 1 nitrogen and oxygen atoms in total. The van der Waals surface area contributed by atoms with E-state index in [2.05, 4.69) is 42.3 Å². The molecule has 0 rings (SSSR count). The summed E-state index contributed by atoms with van der Waals surface area (Å²) in [6, 6.07) is 0. The van der Waals surface area contributed by atoms with Gasteiger partial charge in [-0.3, -0.25) is 0 Å². The zero-order valence-corrected chi connectivity index (χ0v) is 8.94. The van der Waals surface area contributed by atoms with Crippen LogP contribution in [0.1, 0.15) is 34.1 Å². The van der Waals surface area contributed by atoms with Crippen LogP contribution in [0.2, 0.25) is 0 Å². The Morgan fingerprint density at radius 3 is 1.80 bits per heavy atom. The van der Waals surface area contributed by atoms with Gasteiger partial charge in [-0.05, 0) is 25.8 Å². The molecule has 1 N–H and O–H groups in total. The Labute approximate surface area is 67.2 Å². The molecule has 0 aliphatic heterocycles. The average molecular weight is 161 g/mol. The lowest BCUT2D eigenvalue weighted by atomic mass is 9.82. The molecule has 0 fully saturated rings. The Morgan fingerprint density at radius 2 is 1.70 bits per heavy atom. The molecule has 2 heteroatoms. The lowest BCUT2D eigenvalue weighted by Gasteiger charge is -2.40. The third-order valence-corrected chi connectivity index (χ3v) is 3.88. The van der Waals surface area contributed by atoms with Crippen LogP contribution in [0.5, 0.6) is 0 Å². The van der Waals surface area contributed by atoms with E-state index in [1.165, 1.54) is 6.42 Å². The molecule has 0 saturated carbocycles. The van der Waals surface area contributed by atoms with Gasteiger partial charge in [0.25, 0.3) is 0 Å². The molecule has 0 saturated heterocycles. The summed E-state index contributed by atoms with van der Waals surface area (Å²) < 4.78 is 0. The number of nitrogens with one attached hydrogen (secondary N) is 1. The van der Waals surface area contributed by atoms with Gasteiger partial charge in [0.05, 0.1) is 0 Å². The van der Waals surface area contributed by atoms with E-state index in [1.54, 1.807) is 0 Å². The second-order valence-corrected chi connectivity index (χ2v) is 4.84. The van der Waals surface area contributed by atoms with Crippen molar-refractivity contribution in [1.82, 2.24) is 5.32 Å². The van der Waals surface area contributed by atoms with Gasteiger partial charge in [-0.1, -0.05) is 20.8 Å². The van der Waals surface area contributed by atoms with Gasteiger partial charge in [-0.25, -0.2) is 0 Å². The molecule has 0 aromatic carbocycles. The molecule has 0 aromatic heterocycles. The van der Waals surface area contributed by atoms with E-state index in [0.29, 0.717) is 5.41 Å². The fraction of sp³-hybridized carbons (Fsp3) is 1.00. The van der Waals surface area contributed by atoms with E-state index in [-0.39, 0.29) is 5.28 Å². The zero-order chi connectivity index (χ0) is 8.41. The monoisotopic (exact) mass is 161 g/mol. The molecule has 0 bridgehead atoms. The van der Waals surface area contributed by atoms with E-state index in [0.717, 1.165) is 0 Å². The van der Waals surface area contributed by atoms with Crippen molar-refractivity contribution in [2.45, 2.75) is 39.4 Å². The summed E-state index contributed by atoms with van der Waals surface area (Å²) in [4.78, 5) is 0. The molecule has 0 aliphatic rings. The van der Waals surface area contributed by atoms with Crippen LogP contribution in [-0.2, 0) is 0 Å². The van der Waals surface area contributed by atoms with Crippen LogP contribution >= 0.6 is 9.24 Å². The molecule has 62 valence electrons. The maximum absolute atomic E-state index is 3.30. The van der Waals surface area contributed by atoms with Crippen LogP contribution in [0, 0.1) is 5.41 Å². The maximum atomic E-state index is 3.30. The average Bonchev–Trinajstić information content (AvgIpc) is 1.88. The van der Waals surface area contributed by atoms with Crippen LogP contribution in [0.4, 0.5) is 0 Å². The first kappa shape index (κ1) is 10.4. The third-order valence-electron chi connectivity index (χ3n) is 2.81. The Bertz CT molecular complexity index is 93.8. The van der Waals surface area contributed by atoms with E-state index >= 15 is 0 Å². The second-order valence-electron chi connectivity index (χ2n) is 3.69. The van der Waals surface area contributed by atoms with E-state index in [9.17, 15) is 0 Å². The topological polar surface area (TPSA) is 12.0 Å². The summed E-state index contributed by atoms with van der Waals surface area (Å²) in [6.07, 6.45) is 1.19. The highest BCUT2D eigenvalue weighted by Crippen LogP contribution is 2.38. The standard InChI is InChI=1S/C8H20NP/c1-6-7(2,3)8(4,10)9-5/h9H,6,10H2,1-5H3. The predicted octanol–water partition coefficient (Wildman–Crippen LogP) is 2.23. The molecule has 0 spiro atoms. The van der Waals surface area contributed by atoms with Gasteiger partial charge in [0.1, 0.15) is 0 Å². The minimum absolute atomic E-state index is 0.155. The van der Waals surface area contributed by atoms with Gasteiger partial charge < -0.3 is 5.32 Å². The summed E-state index contributed by atoms with van der Waals surface area (Å²) in [6.45, 7) is 8.98. The van der Waals surface area contributed by atoms with Crippen molar-refractivity contribution in [3.8, 4) is 0 Å². The molecular formula is C8H20NP. The van der Waals surface area contributed by atoms with Gasteiger partial charge in [0.15, 0.2) is 0 Å². The molecule has 0 aromatic rings. The van der Waals surface area contributed by atoms with Crippen LogP contribution < -0.4 is 5.32 Å². The summed E-state index contributed by atoms with van der Waals surface area (Å²) in [7, 11) is 4.88. The normalized spacial score (nSPS) is 18.6. The van der Waals surface area contributed by atoms with Gasteiger partial charge in [-0.15, -0.1) is 9.24 Å². The minimum Gasteiger partial charge on any atom is -0.311 e. The molecule has 0 heterocycles. The van der Waals surface area contributed by atoms with Crippen molar-refractivity contribution >= 4 is 9.24 Å². The third kappa shape index (κ3) is 1.93. The molecule has 0 amide bonds. The van der Waals surface area contributed by atoms with E-state index in [4.69, 9.17) is 0 Å². The summed E-state index contributed by atoms with van der Waals surface area (Å²) in [5.41, 5.74) is 0.340. The first-order valence-electron chi connectivity index (χ1n) is 3.85. The van der Waals surface area contributed by atoms with E-state index < -0.39 is 0 Å². The largest absolute Gasteiger partial charge is 0.311 e. The predicted molar refractivity (Wildman–Crippen MR) is 51.2 cm³/mol. The maximum Gasteiger partial charge on any atom is 0.0343 e. The van der Waals surface area contributed by atoms with Gasteiger partial charge in [0, 0.05) is 5.28 Å². The fourth-order valence-corrected chi connectivity index (χ4v) is 0.910. The van der Waals surface area contributed by atoms with Crippen molar-refractivity contribution in [1.29, 1.82) is 0 Å². The molecule has 2 unspecified atom stereocenters. The Hall–Kier alpha value is 0.390. The number of hydrogen-bond donors (Lipinski definition) is 1. The van der Waals surface area contributed by atoms with Crippen molar-refractivity contribution in [2.75, 3.05) is 7.05 Å². The number of rotatable bonds is 3. The molecule has 10 heavy (non-hydrogen) atoms. The Kier molecular flexibility index (Phi) is 3.32. The quantitative estimate of drug-likeness (QED) is 0.626. The first-order valence-corrected chi connectivity index (χ1v) is 4.43. The van der Waals surface area contributed by atoms with Crippen molar-refractivity contribution in [2.24, 2.45) is 5.41 Å². The van der Waals surface area contributed by atoms with Crippen molar-refractivity contribution in [3.05, 3.63) is 0 Å². The zero-order valence-electron chi connectivity index (χ0n) is 7.78. The van der Waals surface area contributed by atoms with Crippen LogP contribution in [0.3, 0.4) is 0 Å². The lowest BCUT2D eigenvalue weighted by Crippen LogP contribution is -2.46. The molecule has 0 radical (unpaired) electrons. The van der Waals surface area contributed by atoms with E-state index in [1.807, 2.05) is 7.05 Å². The highest BCUT2D eigenvalue weighted by atomic mass is 31.0.